The number of carbonyl (C=O) groups is 1. The van der Waals surface area contributed by atoms with Gasteiger partial charge in [-0.25, -0.2) is 4.99 Å². The summed E-state index contributed by atoms with van der Waals surface area (Å²) in [6.45, 7) is 4.16. The van der Waals surface area contributed by atoms with Gasteiger partial charge in [-0.3, -0.25) is 15.5 Å². The molecule has 2 aliphatic heterocycles. The number of nitrogens with zero attached hydrogens (tertiary/aromatic N) is 2. The molecule has 1 saturated heterocycles. The third-order valence-electron chi connectivity index (χ3n) is 4.30. The number of aliphatic imine (C=N–C) groups is 1. The SMILES string of the molecule is C=C1N=C(NO)C=CN1C1CCC(COC(=O)C2CCC2)O1. The Morgan fingerprint density at radius 1 is 1.50 bits per heavy atom. The standard InChI is InChI=1S/C15H21N3O4/c1-10-16-13(17-20)7-8-18(10)14-6-5-12(22-14)9-21-15(19)11-3-2-4-11/h7-8,11-12,14,20H,1-6,9H2,(H,16,17). The first-order valence-corrected chi connectivity index (χ1v) is 7.63. The van der Waals surface area contributed by atoms with Crippen LogP contribution in [0.15, 0.2) is 29.7 Å². The molecule has 3 rings (SSSR count). The van der Waals surface area contributed by atoms with E-state index in [1.165, 1.54) is 0 Å². The van der Waals surface area contributed by atoms with Gasteiger partial charge in [-0.15, -0.1) is 0 Å². The molecular weight excluding hydrogens is 286 g/mol. The summed E-state index contributed by atoms with van der Waals surface area (Å²) in [6, 6.07) is 0. The lowest BCUT2D eigenvalue weighted by molar-refractivity contribution is -0.156. The van der Waals surface area contributed by atoms with Crippen molar-refractivity contribution in [1.29, 1.82) is 0 Å². The molecule has 7 heteroatoms. The number of nitrogens with one attached hydrogen (secondary N) is 1. The van der Waals surface area contributed by atoms with Crippen molar-refractivity contribution in [3.63, 3.8) is 0 Å². The van der Waals surface area contributed by atoms with E-state index in [2.05, 4.69) is 11.6 Å². The van der Waals surface area contributed by atoms with Crippen LogP contribution in [0.25, 0.3) is 0 Å². The predicted molar refractivity (Wildman–Crippen MR) is 78.7 cm³/mol. The smallest absolute Gasteiger partial charge is 0.309 e. The van der Waals surface area contributed by atoms with Gasteiger partial charge in [0, 0.05) is 6.20 Å². The van der Waals surface area contributed by atoms with Gasteiger partial charge in [-0.1, -0.05) is 13.0 Å². The fourth-order valence-corrected chi connectivity index (χ4v) is 2.75. The summed E-state index contributed by atoms with van der Waals surface area (Å²) in [5.41, 5.74) is 1.99. The summed E-state index contributed by atoms with van der Waals surface area (Å²) in [4.78, 5) is 17.6. The minimum absolute atomic E-state index is 0.0865. The maximum atomic E-state index is 11.7. The third kappa shape index (κ3) is 3.15. The normalized spacial score (nSPS) is 28.3. The Kier molecular flexibility index (Phi) is 4.44. The summed E-state index contributed by atoms with van der Waals surface area (Å²) in [5.74, 6) is 0.839. The minimum Gasteiger partial charge on any atom is -0.463 e. The Morgan fingerprint density at radius 3 is 2.95 bits per heavy atom. The summed E-state index contributed by atoms with van der Waals surface area (Å²) < 4.78 is 11.2. The van der Waals surface area contributed by atoms with Crippen LogP contribution >= 0.6 is 0 Å². The Labute approximate surface area is 129 Å². The molecule has 2 atom stereocenters. The van der Waals surface area contributed by atoms with Gasteiger partial charge in [-0.2, -0.15) is 0 Å². The topological polar surface area (TPSA) is 83.4 Å². The zero-order valence-electron chi connectivity index (χ0n) is 12.4. The molecule has 120 valence electrons. The third-order valence-corrected chi connectivity index (χ3v) is 4.30. The number of carbonyl (C=O) groups excluding carboxylic acids is 1. The summed E-state index contributed by atoms with van der Waals surface area (Å²) >= 11 is 0. The van der Waals surface area contributed by atoms with E-state index in [1.807, 2.05) is 10.4 Å². The zero-order chi connectivity index (χ0) is 15.5. The number of amidine groups is 1. The molecule has 0 spiro atoms. The van der Waals surface area contributed by atoms with E-state index in [-0.39, 0.29) is 24.2 Å². The number of esters is 1. The zero-order valence-corrected chi connectivity index (χ0v) is 12.4. The van der Waals surface area contributed by atoms with Gasteiger partial charge in [0.15, 0.2) is 5.84 Å². The van der Waals surface area contributed by atoms with Gasteiger partial charge in [0.05, 0.1) is 12.0 Å². The van der Waals surface area contributed by atoms with Crippen molar-refractivity contribution in [2.45, 2.75) is 44.4 Å². The second-order valence-electron chi connectivity index (χ2n) is 5.80. The second-order valence-corrected chi connectivity index (χ2v) is 5.80. The van der Waals surface area contributed by atoms with Crippen LogP contribution in [0.4, 0.5) is 0 Å². The van der Waals surface area contributed by atoms with Crippen LogP contribution in [-0.4, -0.2) is 40.9 Å². The van der Waals surface area contributed by atoms with Crippen molar-refractivity contribution in [3.05, 3.63) is 24.7 Å². The van der Waals surface area contributed by atoms with E-state index in [1.54, 1.807) is 12.3 Å². The highest BCUT2D eigenvalue weighted by atomic mass is 16.6. The molecule has 0 aromatic carbocycles. The quantitative estimate of drug-likeness (QED) is 0.605. The molecule has 1 saturated carbocycles. The fraction of sp³-hybridized carbons (Fsp3) is 0.600. The van der Waals surface area contributed by atoms with Crippen molar-refractivity contribution in [2.24, 2.45) is 10.9 Å². The lowest BCUT2D eigenvalue weighted by atomic mass is 9.86. The highest BCUT2D eigenvalue weighted by molar-refractivity contribution is 5.93. The first kappa shape index (κ1) is 15.1. The Morgan fingerprint density at radius 2 is 2.32 bits per heavy atom. The molecule has 7 nitrogen and oxygen atoms in total. The predicted octanol–water partition coefficient (Wildman–Crippen LogP) is 1.51. The summed E-state index contributed by atoms with van der Waals surface area (Å²) in [5, 5.41) is 8.82. The van der Waals surface area contributed by atoms with E-state index in [4.69, 9.17) is 14.7 Å². The van der Waals surface area contributed by atoms with Crippen molar-refractivity contribution in [2.75, 3.05) is 6.61 Å². The van der Waals surface area contributed by atoms with Crippen molar-refractivity contribution in [3.8, 4) is 0 Å². The summed E-state index contributed by atoms with van der Waals surface area (Å²) in [6.07, 6.45) is 7.81. The molecule has 0 aromatic rings. The second kappa shape index (κ2) is 6.50. The minimum atomic E-state index is -0.167. The van der Waals surface area contributed by atoms with Gasteiger partial charge >= 0.3 is 5.97 Å². The monoisotopic (exact) mass is 307 g/mol. The Balaban J connectivity index is 1.46. The first-order chi connectivity index (χ1) is 10.7. The number of hydroxylamine groups is 1. The van der Waals surface area contributed by atoms with Crippen molar-refractivity contribution >= 4 is 11.8 Å². The highest BCUT2D eigenvalue weighted by Crippen LogP contribution is 2.29. The molecule has 22 heavy (non-hydrogen) atoms. The van der Waals surface area contributed by atoms with Gasteiger partial charge in [0.25, 0.3) is 0 Å². The van der Waals surface area contributed by atoms with Crippen molar-refractivity contribution in [1.82, 2.24) is 10.4 Å². The highest BCUT2D eigenvalue weighted by Gasteiger charge is 2.33. The molecule has 0 bridgehead atoms. The maximum Gasteiger partial charge on any atom is 0.309 e. The Bertz CT molecular complexity index is 513. The van der Waals surface area contributed by atoms with Gasteiger partial charge < -0.3 is 14.4 Å². The van der Waals surface area contributed by atoms with Gasteiger partial charge in [-0.05, 0) is 31.8 Å². The number of ether oxygens (including phenoxy) is 2. The van der Waals surface area contributed by atoms with Gasteiger partial charge in [0.2, 0.25) is 0 Å². The van der Waals surface area contributed by atoms with E-state index in [0.29, 0.717) is 18.3 Å². The van der Waals surface area contributed by atoms with Crippen LogP contribution in [0.2, 0.25) is 0 Å². The van der Waals surface area contributed by atoms with E-state index >= 15 is 0 Å². The van der Waals surface area contributed by atoms with Crippen molar-refractivity contribution < 1.29 is 19.5 Å². The average Bonchev–Trinajstić information content (AvgIpc) is 2.91. The molecule has 2 N–H and O–H groups in total. The molecule has 2 fully saturated rings. The Hall–Kier alpha value is -1.86. The molecular formula is C15H21N3O4. The van der Waals surface area contributed by atoms with Crippen LogP contribution in [0, 0.1) is 5.92 Å². The summed E-state index contributed by atoms with van der Waals surface area (Å²) in [7, 11) is 0. The molecule has 3 aliphatic rings. The molecule has 0 radical (unpaired) electrons. The van der Waals surface area contributed by atoms with Crippen LogP contribution in [0.5, 0.6) is 0 Å². The van der Waals surface area contributed by atoms with Crippen LogP contribution < -0.4 is 5.48 Å². The van der Waals surface area contributed by atoms with E-state index in [9.17, 15) is 4.79 Å². The lowest BCUT2D eigenvalue weighted by Gasteiger charge is -2.29. The maximum absolute atomic E-state index is 11.7. The molecule has 0 aromatic heterocycles. The fourth-order valence-electron chi connectivity index (χ4n) is 2.75. The molecule has 2 heterocycles. The van der Waals surface area contributed by atoms with Crippen LogP contribution in [0.1, 0.15) is 32.1 Å². The molecule has 0 amide bonds. The molecule has 1 aliphatic carbocycles. The van der Waals surface area contributed by atoms with Crippen LogP contribution in [-0.2, 0) is 14.3 Å². The number of hydrogen-bond donors (Lipinski definition) is 2. The van der Waals surface area contributed by atoms with Crippen LogP contribution in [0.3, 0.4) is 0 Å². The lowest BCUT2D eigenvalue weighted by Crippen LogP contribution is -2.34. The average molecular weight is 307 g/mol. The molecule has 2 unspecified atom stereocenters. The largest absolute Gasteiger partial charge is 0.463 e. The van der Waals surface area contributed by atoms with E-state index < -0.39 is 0 Å². The van der Waals surface area contributed by atoms with Gasteiger partial charge in [0.1, 0.15) is 18.7 Å². The number of hydrogen-bond acceptors (Lipinski definition) is 7. The van der Waals surface area contributed by atoms with E-state index in [0.717, 1.165) is 32.1 Å². The first-order valence-electron chi connectivity index (χ1n) is 7.63. The number of rotatable bonds is 4.